The lowest BCUT2D eigenvalue weighted by Gasteiger charge is -2.47. The van der Waals surface area contributed by atoms with Gasteiger partial charge in [-0.15, -0.1) is 0 Å². The molecule has 0 fully saturated rings. The maximum absolute atomic E-state index is 13.0. The Hall–Kier alpha value is -0.690. The number of hydrogen-bond acceptors (Lipinski definition) is 5. The fourth-order valence-corrected chi connectivity index (χ4v) is 5.45. The molecule has 3 N–H and O–H groups in total. The number of amides is 1. The molecule has 258 valence electrons. The van der Waals surface area contributed by atoms with Crippen molar-refractivity contribution in [2.45, 2.75) is 171 Å². The van der Waals surface area contributed by atoms with Crippen molar-refractivity contribution >= 4 is 5.91 Å². The molecule has 0 aromatic rings. The van der Waals surface area contributed by atoms with Gasteiger partial charge in [-0.1, -0.05) is 81.6 Å². The summed E-state index contributed by atoms with van der Waals surface area (Å²) >= 11 is 0. The Morgan fingerprint density at radius 1 is 0.814 bits per heavy atom. The number of likely N-dealkylation sites (N-methyl/N-ethyl adjacent to an activating group) is 1. The summed E-state index contributed by atoms with van der Waals surface area (Å²) in [6.07, 6.45) is 10.9. The Bertz CT molecular complexity index is 743. The zero-order chi connectivity index (χ0) is 33.4. The van der Waals surface area contributed by atoms with Gasteiger partial charge in [0.1, 0.15) is 0 Å². The summed E-state index contributed by atoms with van der Waals surface area (Å²) in [5, 5.41) is 10.0. The zero-order valence-electron chi connectivity index (χ0n) is 31.5. The van der Waals surface area contributed by atoms with Crippen LogP contribution >= 0.6 is 0 Å². The summed E-state index contributed by atoms with van der Waals surface area (Å²) in [5.41, 5.74) is -0.301. The number of rotatable bonds is 26. The maximum Gasteiger partial charge on any atom is 0.237 e. The predicted octanol–water partition coefficient (Wildman–Crippen LogP) is 8.53. The van der Waals surface area contributed by atoms with Crippen molar-refractivity contribution in [2.75, 3.05) is 39.9 Å². The Kier molecular flexibility index (Phi) is 19.4. The summed E-state index contributed by atoms with van der Waals surface area (Å²) < 4.78 is 13.0. The van der Waals surface area contributed by atoms with Crippen LogP contribution in [0.4, 0.5) is 0 Å². The average molecular weight is 612 g/mol. The molecule has 0 bridgehead atoms. The molecular weight excluding hydrogens is 534 g/mol. The van der Waals surface area contributed by atoms with Crippen molar-refractivity contribution in [3.63, 3.8) is 0 Å². The molecule has 0 rings (SSSR count). The van der Waals surface area contributed by atoms with Gasteiger partial charge in [-0.05, 0) is 115 Å². The first-order chi connectivity index (χ1) is 19.8. The number of ether oxygens (including phenoxy) is 2. The van der Waals surface area contributed by atoms with E-state index in [1.165, 1.54) is 19.3 Å². The quantitative estimate of drug-likeness (QED) is 0.0855. The van der Waals surface area contributed by atoms with Crippen LogP contribution in [0.2, 0.25) is 0 Å². The largest absolute Gasteiger partial charge is 0.375 e. The molecule has 2 atom stereocenters. The van der Waals surface area contributed by atoms with Crippen LogP contribution in [0.25, 0.3) is 0 Å². The Labute approximate surface area is 269 Å². The molecule has 2 unspecified atom stereocenters. The molecule has 0 aromatic heterocycles. The fourth-order valence-electron chi connectivity index (χ4n) is 5.45. The maximum atomic E-state index is 13.0. The van der Waals surface area contributed by atoms with Gasteiger partial charge in [0.05, 0.1) is 30.5 Å². The van der Waals surface area contributed by atoms with Gasteiger partial charge in [0, 0.05) is 6.54 Å². The number of unbranched alkanes of at least 4 members (excludes halogenated alkanes) is 3. The minimum Gasteiger partial charge on any atom is -0.375 e. The molecule has 0 saturated carbocycles. The van der Waals surface area contributed by atoms with E-state index < -0.39 is 0 Å². The minimum absolute atomic E-state index is 0.0309. The molecule has 0 aromatic carbocycles. The highest BCUT2D eigenvalue weighted by Crippen LogP contribution is 2.46. The van der Waals surface area contributed by atoms with Gasteiger partial charge in [-0.25, -0.2) is 0 Å². The van der Waals surface area contributed by atoms with Crippen molar-refractivity contribution in [3.05, 3.63) is 0 Å². The molecule has 0 aliphatic heterocycles. The van der Waals surface area contributed by atoms with Crippen LogP contribution in [0.3, 0.4) is 0 Å². The third kappa shape index (κ3) is 16.4. The lowest BCUT2D eigenvalue weighted by atomic mass is 9.63. The molecule has 0 saturated heterocycles. The van der Waals surface area contributed by atoms with Crippen LogP contribution in [0.15, 0.2) is 0 Å². The topological polar surface area (TPSA) is 71.6 Å². The number of carbonyl (C=O) groups excluding carboxylic acids is 1. The van der Waals surface area contributed by atoms with E-state index in [-0.39, 0.29) is 39.4 Å². The van der Waals surface area contributed by atoms with E-state index >= 15 is 0 Å². The second-order valence-corrected chi connectivity index (χ2v) is 16.2. The van der Waals surface area contributed by atoms with Gasteiger partial charge in [-0.2, -0.15) is 0 Å². The normalized spacial score (nSPS) is 15.0. The Balaban J connectivity index is 4.80. The molecule has 1 amide bonds. The highest BCUT2D eigenvalue weighted by molar-refractivity contribution is 5.81. The van der Waals surface area contributed by atoms with Crippen molar-refractivity contribution < 1.29 is 14.3 Å². The van der Waals surface area contributed by atoms with Crippen LogP contribution in [-0.4, -0.2) is 63.0 Å². The highest BCUT2D eigenvalue weighted by Gasteiger charge is 2.43. The van der Waals surface area contributed by atoms with E-state index in [9.17, 15) is 4.79 Å². The molecule has 0 heterocycles. The first kappa shape index (κ1) is 42.3. The van der Waals surface area contributed by atoms with Crippen LogP contribution in [0.5, 0.6) is 0 Å². The van der Waals surface area contributed by atoms with Crippen LogP contribution in [-0.2, 0) is 14.3 Å². The molecule has 0 radical (unpaired) electrons. The molecular formula is C37H77N3O3. The summed E-state index contributed by atoms with van der Waals surface area (Å²) in [5.74, 6) is 0.446. The molecule has 6 nitrogen and oxygen atoms in total. The molecule has 43 heavy (non-hydrogen) atoms. The molecule has 0 aliphatic rings. The van der Waals surface area contributed by atoms with E-state index in [0.29, 0.717) is 19.1 Å². The number of carbonyl (C=O) groups is 1. The second-order valence-electron chi connectivity index (χ2n) is 16.2. The highest BCUT2D eigenvalue weighted by atomic mass is 16.5. The van der Waals surface area contributed by atoms with E-state index in [4.69, 9.17) is 9.47 Å². The van der Waals surface area contributed by atoms with E-state index in [1.807, 2.05) is 7.05 Å². The van der Waals surface area contributed by atoms with Gasteiger partial charge in [0.15, 0.2) is 0 Å². The lowest BCUT2D eigenvalue weighted by molar-refractivity contribution is -0.136. The smallest absolute Gasteiger partial charge is 0.237 e. The summed E-state index contributed by atoms with van der Waals surface area (Å²) in [6, 6.07) is -0.134. The van der Waals surface area contributed by atoms with E-state index in [2.05, 4.69) is 106 Å². The molecule has 0 aliphatic carbocycles. The first-order valence-electron chi connectivity index (χ1n) is 17.8. The standard InChI is InChI=1S/C37H77N3O3/c1-15-18-20-24-39-25-21-19-22-31(38-14)32(41)40-27-30(4)33(5,6)28-34(7,8)36(11,12)42-26-23-35(9,10)43-29-37(13,16-2)17-3/h30-31,38-39H,15-29H2,1-14H3,(H,40,41). The van der Waals surface area contributed by atoms with Gasteiger partial charge in [-0.3, -0.25) is 4.79 Å². The van der Waals surface area contributed by atoms with Crippen molar-refractivity contribution in [1.29, 1.82) is 0 Å². The second kappa shape index (κ2) is 19.7. The summed E-state index contributed by atoms with van der Waals surface area (Å²) in [7, 11) is 1.89. The van der Waals surface area contributed by atoms with Crippen molar-refractivity contribution in [2.24, 2.45) is 22.2 Å². The minimum atomic E-state index is -0.299. The number of hydrogen-bond donors (Lipinski definition) is 3. The average Bonchev–Trinajstić information content (AvgIpc) is 2.92. The van der Waals surface area contributed by atoms with Crippen molar-refractivity contribution in [1.82, 2.24) is 16.0 Å². The molecule has 0 spiro atoms. The summed E-state index contributed by atoms with van der Waals surface area (Å²) in [6.45, 7) is 33.7. The van der Waals surface area contributed by atoms with E-state index in [0.717, 1.165) is 64.6 Å². The van der Waals surface area contributed by atoms with Gasteiger partial charge in [0.2, 0.25) is 5.91 Å². The number of nitrogens with one attached hydrogen (secondary N) is 3. The van der Waals surface area contributed by atoms with Crippen LogP contribution in [0.1, 0.15) is 154 Å². The Morgan fingerprint density at radius 3 is 1.93 bits per heavy atom. The third-order valence-corrected chi connectivity index (χ3v) is 10.8. The molecule has 6 heteroatoms. The monoisotopic (exact) mass is 612 g/mol. The van der Waals surface area contributed by atoms with Gasteiger partial charge in [0.25, 0.3) is 0 Å². The van der Waals surface area contributed by atoms with Gasteiger partial charge < -0.3 is 25.4 Å². The van der Waals surface area contributed by atoms with Crippen molar-refractivity contribution in [3.8, 4) is 0 Å². The Morgan fingerprint density at radius 2 is 1.40 bits per heavy atom. The third-order valence-electron chi connectivity index (χ3n) is 10.8. The predicted molar refractivity (Wildman–Crippen MR) is 187 cm³/mol. The van der Waals surface area contributed by atoms with Crippen LogP contribution in [0, 0.1) is 22.2 Å². The van der Waals surface area contributed by atoms with Gasteiger partial charge >= 0.3 is 0 Å². The van der Waals surface area contributed by atoms with Crippen LogP contribution < -0.4 is 16.0 Å². The SMILES string of the molecule is CCCCCNCCCCC(NC)C(=O)NCC(C)C(C)(C)CC(C)(C)C(C)(C)OCCC(C)(C)OCC(C)(CC)CC. The van der Waals surface area contributed by atoms with E-state index in [1.54, 1.807) is 0 Å². The fraction of sp³-hybridized carbons (Fsp3) is 0.973. The lowest BCUT2D eigenvalue weighted by Crippen LogP contribution is -2.48. The first-order valence-corrected chi connectivity index (χ1v) is 17.8. The zero-order valence-corrected chi connectivity index (χ0v) is 31.5. The summed E-state index contributed by atoms with van der Waals surface area (Å²) in [4.78, 5) is 13.0.